The van der Waals surface area contributed by atoms with Gasteiger partial charge in [0.25, 0.3) is 0 Å². The molecule has 234 valence electrons. The van der Waals surface area contributed by atoms with Crippen LogP contribution in [0.1, 0.15) is 48.5 Å². The number of carbonyl (C=O) groups is 3. The van der Waals surface area contributed by atoms with Crippen molar-refractivity contribution in [2.45, 2.75) is 60.5 Å². The molecule has 0 heterocycles. The van der Waals surface area contributed by atoms with Crippen LogP contribution < -0.4 is 5.32 Å². The van der Waals surface area contributed by atoms with Gasteiger partial charge >= 0.3 is 17.9 Å². The molecule has 0 aromatic heterocycles. The number of nitrogens with one attached hydrogen (secondary N) is 1. The van der Waals surface area contributed by atoms with Crippen LogP contribution >= 0.6 is 15.9 Å². The van der Waals surface area contributed by atoms with E-state index in [1.165, 1.54) is 21.3 Å². The van der Waals surface area contributed by atoms with Crippen molar-refractivity contribution in [2.24, 2.45) is 23.7 Å². The molecule has 1 N–H and O–H groups in total. The van der Waals surface area contributed by atoms with Gasteiger partial charge < -0.3 is 19.5 Å². The van der Waals surface area contributed by atoms with Crippen LogP contribution in [0.3, 0.4) is 0 Å². The zero-order valence-corrected chi connectivity index (χ0v) is 28.3. The Morgan fingerprint density at radius 3 is 1.35 bits per heavy atom. The van der Waals surface area contributed by atoms with Crippen LogP contribution in [0, 0.1) is 23.7 Å². The summed E-state index contributed by atoms with van der Waals surface area (Å²) >= 11 is 3.13. The van der Waals surface area contributed by atoms with Gasteiger partial charge in [-0.15, -0.1) is 26.3 Å². The number of ether oxygens (including phenoxy) is 3. The third-order valence-corrected chi connectivity index (χ3v) is 5.94. The largest absolute Gasteiger partial charge is 0.469 e. The lowest BCUT2D eigenvalue weighted by molar-refractivity contribution is -0.148. The SMILES string of the molecule is C=CCBr.C=CCN(CC=C)C(C(=O)OC)C(C)C.C=CCNC(C(=O)OC)C(C)C.COC(=O)C(C)C(C)C. The molecule has 0 radical (unpaired) electrons. The highest BCUT2D eigenvalue weighted by molar-refractivity contribution is 9.09. The normalized spacial score (nSPS) is 12.2. The average molecular weight is 634 g/mol. The van der Waals surface area contributed by atoms with Gasteiger partial charge in [-0.2, -0.15) is 0 Å². The van der Waals surface area contributed by atoms with E-state index in [-0.39, 0.29) is 47.7 Å². The first-order chi connectivity index (χ1) is 18.7. The van der Waals surface area contributed by atoms with Gasteiger partial charge in [-0.25, -0.2) is 0 Å². The Balaban J connectivity index is -0.000000233. The number of rotatable bonds is 15. The molecule has 0 spiro atoms. The van der Waals surface area contributed by atoms with E-state index in [0.717, 1.165) is 5.33 Å². The van der Waals surface area contributed by atoms with E-state index in [2.05, 4.69) is 57.0 Å². The molecule has 40 heavy (non-hydrogen) atoms. The van der Waals surface area contributed by atoms with Crippen molar-refractivity contribution >= 4 is 33.8 Å². The zero-order valence-electron chi connectivity index (χ0n) is 26.7. The summed E-state index contributed by atoms with van der Waals surface area (Å²) in [5, 5.41) is 3.92. The molecule has 0 saturated heterocycles. The fraction of sp³-hybridized carbons (Fsp3) is 0.645. The van der Waals surface area contributed by atoms with E-state index in [9.17, 15) is 14.4 Å². The lowest BCUT2D eigenvalue weighted by Crippen LogP contribution is -2.45. The minimum Gasteiger partial charge on any atom is -0.469 e. The molecule has 3 unspecified atom stereocenters. The summed E-state index contributed by atoms with van der Waals surface area (Å²) < 4.78 is 14.0. The number of nitrogens with zero attached hydrogens (tertiary/aromatic N) is 1. The molecule has 3 atom stereocenters. The lowest BCUT2D eigenvalue weighted by atomic mass is 9.99. The Hall–Kier alpha value is -2.23. The van der Waals surface area contributed by atoms with Gasteiger partial charge in [-0.1, -0.05) is 88.7 Å². The van der Waals surface area contributed by atoms with Gasteiger partial charge in [0.1, 0.15) is 12.1 Å². The van der Waals surface area contributed by atoms with Gasteiger partial charge in [0.2, 0.25) is 0 Å². The van der Waals surface area contributed by atoms with E-state index in [1.807, 2.05) is 53.4 Å². The van der Waals surface area contributed by atoms with Crippen molar-refractivity contribution in [3.8, 4) is 0 Å². The molecule has 8 nitrogen and oxygen atoms in total. The third-order valence-electron chi connectivity index (χ3n) is 5.48. The van der Waals surface area contributed by atoms with Crippen LogP contribution in [-0.4, -0.2) is 81.2 Å². The Morgan fingerprint density at radius 1 is 0.700 bits per heavy atom. The van der Waals surface area contributed by atoms with Crippen LogP contribution in [0.15, 0.2) is 50.6 Å². The summed E-state index contributed by atoms with van der Waals surface area (Å²) in [4.78, 5) is 35.5. The number of alkyl halides is 1. The minimum atomic E-state index is -0.231. The number of allylic oxidation sites excluding steroid dienone is 1. The fourth-order valence-electron chi connectivity index (χ4n) is 2.98. The van der Waals surface area contributed by atoms with Crippen LogP contribution in [-0.2, 0) is 28.6 Å². The molecular formula is C31H57BrN2O6. The number of methoxy groups -OCH3 is 3. The lowest BCUT2D eigenvalue weighted by Gasteiger charge is -2.30. The molecule has 0 aliphatic heterocycles. The van der Waals surface area contributed by atoms with Gasteiger partial charge in [-0.05, 0) is 17.8 Å². The molecule has 9 heteroatoms. The fourth-order valence-corrected chi connectivity index (χ4v) is 2.98. The van der Waals surface area contributed by atoms with Gasteiger partial charge in [-0.3, -0.25) is 19.3 Å². The molecular weight excluding hydrogens is 576 g/mol. The second-order valence-corrected chi connectivity index (χ2v) is 10.3. The Labute approximate surface area is 253 Å². The number of carbonyl (C=O) groups excluding carboxylic acids is 3. The smallest absolute Gasteiger partial charge is 0.323 e. The first-order valence-corrected chi connectivity index (χ1v) is 14.5. The maximum Gasteiger partial charge on any atom is 0.323 e. The van der Waals surface area contributed by atoms with Gasteiger partial charge in [0.15, 0.2) is 0 Å². The highest BCUT2D eigenvalue weighted by Gasteiger charge is 2.28. The van der Waals surface area contributed by atoms with Crippen molar-refractivity contribution in [1.29, 1.82) is 0 Å². The summed E-state index contributed by atoms with van der Waals surface area (Å²) in [5.74, 6) is 0.299. The topological polar surface area (TPSA) is 94.2 Å². The van der Waals surface area contributed by atoms with Crippen LogP contribution in [0.4, 0.5) is 0 Å². The number of esters is 3. The molecule has 0 aliphatic rings. The van der Waals surface area contributed by atoms with Gasteiger partial charge in [0, 0.05) is 25.0 Å². The monoisotopic (exact) mass is 632 g/mol. The van der Waals surface area contributed by atoms with Crippen molar-refractivity contribution in [3.63, 3.8) is 0 Å². The summed E-state index contributed by atoms with van der Waals surface area (Å²) in [6, 6.07) is -0.459. The van der Waals surface area contributed by atoms with Crippen molar-refractivity contribution in [1.82, 2.24) is 10.2 Å². The summed E-state index contributed by atoms with van der Waals surface area (Å²) in [5.41, 5.74) is 0. The number of halogens is 1. The van der Waals surface area contributed by atoms with Crippen molar-refractivity contribution < 1.29 is 28.6 Å². The molecule has 0 saturated carbocycles. The van der Waals surface area contributed by atoms with Crippen LogP contribution in [0.5, 0.6) is 0 Å². The van der Waals surface area contributed by atoms with Crippen molar-refractivity contribution in [3.05, 3.63) is 50.6 Å². The van der Waals surface area contributed by atoms with E-state index < -0.39 is 0 Å². The summed E-state index contributed by atoms with van der Waals surface area (Å²) in [6.45, 7) is 30.1. The summed E-state index contributed by atoms with van der Waals surface area (Å²) in [7, 11) is 4.23. The highest BCUT2D eigenvalue weighted by atomic mass is 79.9. The molecule has 0 aromatic carbocycles. The predicted molar refractivity (Wildman–Crippen MR) is 171 cm³/mol. The number of hydrogen-bond donors (Lipinski definition) is 1. The molecule has 0 rings (SSSR count). The molecule has 0 aromatic rings. The zero-order chi connectivity index (χ0) is 32.3. The molecule has 0 amide bonds. The quantitative estimate of drug-likeness (QED) is 0.104. The Kier molecular flexibility index (Phi) is 33.3. The molecule has 0 bridgehead atoms. The standard InChI is InChI=1S/C12H21NO2.C9H17NO2.C7H14O2.C3H5Br/c1-6-8-13(9-7-2)11(10(3)4)12(14)15-5;1-5-6-10-8(7(2)3)9(11)12-4;1-5(2)6(3)7(8)9-4;1-2-3-4/h6-7,10-11H,1-2,8-9H2,3-5H3;5,7-8,10H,1,6H2,2-4H3;5-6H,1-4H3;2H,1,3H2. The first kappa shape index (κ1) is 44.8. The summed E-state index contributed by atoms with van der Waals surface area (Å²) in [6.07, 6.45) is 7.07. The second-order valence-electron chi connectivity index (χ2n) is 9.68. The molecule has 0 aliphatic carbocycles. The second kappa shape index (κ2) is 29.7. The van der Waals surface area contributed by atoms with Crippen molar-refractivity contribution in [2.75, 3.05) is 46.3 Å². The minimum absolute atomic E-state index is 0.0231. The Morgan fingerprint density at radius 2 is 1.12 bits per heavy atom. The molecule has 0 fully saturated rings. The average Bonchev–Trinajstić information content (AvgIpc) is 2.92. The Bertz CT molecular complexity index is 700. The first-order valence-electron chi connectivity index (χ1n) is 13.4. The highest BCUT2D eigenvalue weighted by Crippen LogP contribution is 2.13. The third kappa shape index (κ3) is 23.6. The predicted octanol–water partition coefficient (Wildman–Crippen LogP) is 5.84. The van der Waals surface area contributed by atoms with Gasteiger partial charge in [0.05, 0.1) is 27.2 Å². The number of hydrogen-bond acceptors (Lipinski definition) is 8. The van der Waals surface area contributed by atoms with E-state index in [4.69, 9.17) is 4.74 Å². The van der Waals surface area contributed by atoms with Crippen LogP contribution in [0.2, 0.25) is 0 Å². The van der Waals surface area contributed by atoms with Crippen LogP contribution in [0.25, 0.3) is 0 Å². The maximum atomic E-state index is 11.6. The maximum absolute atomic E-state index is 11.6. The van der Waals surface area contributed by atoms with E-state index in [0.29, 0.717) is 25.6 Å². The van der Waals surface area contributed by atoms with E-state index >= 15 is 0 Å². The van der Waals surface area contributed by atoms with E-state index in [1.54, 1.807) is 24.3 Å².